The second-order valence-electron chi connectivity index (χ2n) is 4.82. The molecule has 2 atom stereocenters. The van der Waals surface area contributed by atoms with E-state index in [1.807, 2.05) is 6.92 Å². The summed E-state index contributed by atoms with van der Waals surface area (Å²) in [5, 5.41) is 25.9. The number of fused-ring (bicyclic) bond motifs is 1. The normalized spacial score (nSPS) is 24.3. The molecule has 0 saturated carbocycles. The lowest BCUT2D eigenvalue weighted by molar-refractivity contribution is -0.159. The number of rotatable bonds is 5. The number of thioether (sulfide) groups is 2. The van der Waals surface area contributed by atoms with Crippen LogP contribution in [-0.4, -0.2) is 65.2 Å². The molecule has 8 nitrogen and oxygen atoms in total. The summed E-state index contributed by atoms with van der Waals surface area (Å²) in [6, 6.07) is 0. The summed E-state index contributed by atoms with van der Waals surface area (Å²) in [4.78, 5) is 28.6. The zero-order valence-corrected chi connectivity index (χ0v) is 13.3. The summed E-state index contributed by atoms with van der Waals surface area (Å²) in [7, 11) is 0. The number of carbonyl (C=O) groups excluding carboxylic acids is 1. The minimum Gasteiger partial charge on any atom is -0.477 e. The van der Waals surface area contributed by atoms with Crippen molar-refractivity contribution in [3.8, 4) is 0 Å². The van der Waals surface area contributed by atoms with E-state index in [1.165, 1.54) is 28.4 Å². The molecule has 3 N–H and O–H groups in total. The van der Waals surface area contributed by atoms with Gasteiger partial charge in [0.15, 0.2) is 6.10 Å². The Kier molecular flexibility index (Phi) is 4.15. The van der Waals surface area contributed by atoms with Crippen molar-refractivity contribution in [2.45, 2.75) is 30.0 Å². The molecule has 0 bridgehead atoms. The van der Waals surface area contributed by atoms with Crippen LogP contribution in [0.4, 0.5) is 0 Å². The average molecular weight is 342 g/mol. The van der Waals surface area contributed by atoms with E-state index in [-0.39, 0.29) is 5.70 Å². The number of hydrogen-bond acceptors (Lipinski definition) is 7. The number of β-lactam (4-membered cyclic amide) rings is 1. The lowest BCUT2D eigenvalue weighted by Gasteiger charge is -2.47. The highest BCUT2D eigenvalue weighted by molar-refractivity contribution is 8.01. The Morgan fingerprint density at radius 3 is 3.00 bits per heavy atom. The van der Waals surface area contributed by atoms with E-state index in [1.54, 1.807) is 0 Å². The molecule has 0 aliphatic carbocycles. The van der Waals surface area contributed by atoms with E-state index in [9.17, 15) is 19.8 Å². The molecule has 2 aliphatic rings. The van der Waals surface area contributed by atoms with Gasteiger partial charge in [-0.05, 0) is 5.57 Å². The molecule has 1 aromatic heterocycles. The van der Waals surface area contributed by atoms with Crippen molar-refractivity contribution in [1.29, 1.82) is 0 Å². The number of nitrogens with zero attached hydrogens (tertiary/aromatic N) is 3. The van der Waals surface area contributed by atoms with Crippen molar-refractivity contribution in [1.82, 2.24) is 20.1 Å². The van der Waals surface area contributed by atoms with Crippen LogP contribution in [0.1, 0.15) is 12.7 Å². The summed E-state index contributed by atoms with van der Waals surface area (Å²) in [5.41, 5.74) is 0.625. The van der Waals surface area contributed by atoms with Crippen molar-refractivity contribution >= 4 is 35.4 Å². The number of aliphatic hydroxyl groups is 1. The molecular formula is C12H14N4O4S2. The first-order valence-electron chi connectivity index (χ1n) is 6.65. The van der Waals surface area contributed by atoms with E-state index < -0.39 is 23.4 Å². The summed E-state index contributed by atoms with van der Waals surface area (Å²) in [6.07, 6.45) is -0.359. The van der Waals surface area contributed by atoms with E-state index in [2.05, 4.69) is 15.2 Å². The van der Waals surface area contributed by atoms with Gasteiger partial charge in [0.1, 0.15) is 16.9 Å². The van der Waals surface area contributed by atoms with Crippen LogP contribution in [0.3, 0.4) is 0 Å². The molecule has 3 heterocycles. The fourth-order valence-corrected chi connectivity index (χ4v) is 4.52. The Morgan fingerprint density at radius 2 is 2.36 bits per heavy atom. The summed E-state index contributed by atoms with van der Waals surface area (Å²) < 4.78 is 0. The molecule has 1 saturated heterocycles. The lowest BCUT2D eigenvalue weighted by Crippen LogP contribution is -2.64. The first kappa shape index (κ1) is 15.4. The van der Waals surface area contributed by atoms with Gasteiger partial charge in [0.05, 0.1) is 0 Å². The molecule has 22 heavy (non-hydrogen) atoms. The zero-order chi connectivity index (χ0) is 15.9. The number of nitrogens with one attached hydrogen (secondary N) is 1. The number of aromatic nitrogens is 3. The molecular weight excluding hydrogens is 328 g/mol. The third kappa shape index (κ3) is 2.50. The molecule has 3 rings (SSSR count). The Labute approximate surface area is 134 Å². The highest BCUT2D eigenvalue weighted by Gasteiger charge is 2.52. The third-order valence-electron chi connectivity index (χ3n) is 3.44. The van der Waals surface area contributed by atoms with Crippen molar-refractivity contribution in [2.75, 3.05) is 11.5 Å². The van der Waals surface area contributed by atoms with E-state index in [0.717, 1.165) is 12.2 Å². The van der Waals surface area contributed by atoms with Crippen LogP contribution < -0.4 is 0 Å². The maximum Gasteiger partial charge on any atom is 0.352 e. The minimum atomic E-state index is -1.15. The maximum absolute atomic E-state index is 11.7. The van der Waals surface area contributed by atoms with Crippen LogP contribution in [-0.2, 0) is 16.0 Å². The van der Waals surface area contributed by atoms with Crippen LogP contribution in [0.2, 0.25) is 0 Å². The van der Waals surface area contributed by atoms with E-state index in [0.29, 0.717) is 22.2 Å². The average Bonchev–Trinajstić information content (AvgIpc) is 2.99. The molecule has 10 heteroatoms. The SMILES string of the molecule is CCc1nc(SCC2=C(C(=O)O)N3C(=O)[C@@H](O)[C@H]3SC2)n[nH]1. The van der Waals surface area contributed by atoms with Crippen LogP contribution in [0.5, 0.6) is 0 Å². The van der Waals surface area contributed by atoms with Crippen molar-refractivity contribution in [2.24, 2.45) is 0 Å². The standard InChI is InChI=1S/C12H14N4O4S2/c1-2-6-13-12(15-14-6)22-4-5-3-21-10-8(17)9(18)16(10)7(5)11(19)20/h8,10,17H,2-4H2,1H3,(H,19,20)(H,13,14,15)/t8-,10-/m1/s1. The largest absolute Gasteiger partial charge is 0.477 e. The second-order valence-corrected chi connectivity index (χ2v) is 6.87. The third-order valence-corrected chi connectivity index (χ3v) is 5.70. The van der Waals surface area contributed by atoms with Crippen molar-refractivity contribution in [3.63, 3.8) is 0 Å². The molecule has 0 aromatic carbocycles. The molecule has 118 valence electrons. The monoisotopic (exact) mass is 342 g/mol. The molecule has 0 spiro atoms. The Balaban J connectivity index is 1.78. The van der Waals surface area contributed by atoms with Gasteiger partial charge in [-0.15, -0.1) is 16.9 Å². The van der Waals surface area contributed by atoms with Gasteiger partial charge < -0.3 is 10.2 Å². The highest BCUT2D eigenvalue weighted by atomic mass is 32.2. The van der Waals surface area contributed by atoms with Gasteiger partial charge in [-0.2, -0.15) is 0 Å². The first-order valence-corrected chi connectivity index (χ1v) is 8.68. The van der Waals surface area contributed by atoms with Gasteiger partial charge in [-0.3, -0.25) is 14.8 Å². The van der Waals surface area contributed by atoms with Crippen LogP contribution in [0, 0.1) is 0 Å². The van der Waals surface area contributed by atoms with Gasteiger partial charge in [0.2, 0.25) is 5.16 Å². The maximum atomic E-state index is 11.7. The number of amides is 1. The Bertz CT molecular complexity index is 659. The number of carbonyl (C=O) groups is 2. The number of carboxylic acids is 1. The van der Waals surface area contributed by atoms with Gasteiger partial charge in [0.25, 0.3) is 5.91 Å². The smallest absolute Gasteiger partial charge is 0.352 e. The van der Waals surface area contributed by atoms with Gasteiger partial charge in [0, 0.05) is 17.9 Å². The molecule has 2 aliphatic heterocycles. The van der Waals surface area contributed by atoms with E-state index >= 15 is 0 Å². The minimum absolute atomic E-state index is 0.0159. The molecule has 1 aromatic rings. The summed E-state index contributed by atoms with van der Waals surface area (Å²) >= 11 is 2.70. The molecule has 1 fully saturated rings. The fourth-order valence-electron chi connectivity index (χ4n) is 2.29. The number of hydrogen-bond donors (Lipinski definition) is 3. The van der Waals surface area contributed by atoms with Gasteiger partial charge in [-0.1, -0.05) is 18.7 Å². The van der Waals surface area contributed by atoms with Crippen LogP contribution in [0.25, 0.3) is 0 Å². The summed E-state index contributed by atoms with van der Waals surface area (Å²) in [6.45, 7) is 1.96. The topological polar surface area (TPSA) is 119 Å². The summed E-state index contributed by atoms with van der Waals surface area (Å²) in [5.74, 6) is -0.0734. The number of H-pyrrole nitrogens is 1. The van der Waals surface area contributed by atoms with Crippen molar-refractivity contribution < 1.29 is 19.8 Å². The predicted molar refractivity (Wildman–Crippen MR) is 80.2 cm³/mol. The quantitative estimate of drug-likeness (QED) is 0.508. The number of aromatic amines is 1. The second kappa shape index (κ2) is 5.94. The van der Waals surface area contributed by atoms with E-state index in [4.69, 9.17) is 0 Å². The Morgan fingerprint density at radius 1 is 1.59 bits per heavy atom. The number of aliphatic carboxylic acids is 1. The first-order chi connectivity index (χ1) is 10.5. The zero-order valence-electron chi connectivity index (χ0n) is 11.6. The molecule has 1 amide bonds. The fraction of sp³-hybridized carbons (Fsp3) is 0.500. The predicted octanol–water partition coefficient (Wildman–Crippen LogP) is 0.0739. The van der Waals surface area contributed by atoms with Gasteiger partial charge >= 0.3 is 5.97 Å². The van der Waals surface area contributed by atoms with Crippen LogP contribution in [0.15, 0.2) is 16.4 Å². The lowest BCUT2D eigenvalue weighted by atomic mass is 10.1. The van der Waals surface area contributed by atoms with Gasteiger partial charge in [-0.25, -0.2) is 9.78 Å². The highest BCUT2D eigenvalue weighted by Crippen LogP contribution is 2.41. The van der Waals surface area contributed by atoms with Crippen molar-refractivity contribution in [3.05, 3.63) is 17.1 Å². The number of carboxylic acid groups (broad SMARTS) is 1. The number of aryl methyl sites for hydroxylation is 1. The Hall–Kier alpha value is -1.52. The van der Waals surface area contributed by atoms with Crippen LogP contribution >= 0.6 is 23.5 Å². The molecule has 0 radical (unpaired) electrons. The number of aliphatic hydroxyl groups excluding tert-OH is 1. The molecule has 0 unspecified atom stereocenters.